The number of anilines is 2. The van der Waals surface area contributed by atoms with Crippen LogP contribution in [0, 0.1) is 0 Å². The van der Waals surface area contributed by atoms with Crippen LogP contribution in [0.3, 0.4) is 0 Å². The van der Waals surface area contributed by atoms with Gasteiger partial charge in [-0.2, -0.15) is 5.11 Å². The fourth-order valence-electron chi connectivity index (χ4n) is 1.29. The van der Waals surface area contributed by atoms with Crippen LogP contribution < -0.4 is 11.5 Å². The minimum Gasteiger partial charge on any atom is -0.508 e. The third kappa shape index (κ3) is 2.72. The molecule has 0 aromatic heterocycles. The summed E-state index contributed by atoms with van der Waals surface area (Å²) < 4.78 is 0. The summed E-state index contributed by atoms with van der Waals surface area (Å²) >= 11 is 0. The number of phenolic OH excluding ortho intramolecular Hbond substituents is 1. The first-order valence-electron chi connectivity index (χ1n) is 5.01. The molecular formula is C12H12N4O. The molecule has 2 rings (SSSR count). The molecule has 0 aliphatic rings. The van der Waals surface area contributed by atoms with E-state index < -0.39 is 0 Å². The molecule has 0 heterocycles. The van der Waals surface area contributed by atoms with E-state index in [-0.39, 0.29) is 5.75 Å². The van der Waals surface area contributed by atoms with Gasteiger partial charge in [0, 0.05) is 5.69 Å². The van der Waals surface area contributed by atoms with Crippen molar-refractivity contribution in [1.29, 1.82) is 0 Å². The molecule has 0 atom stereocenters. The van der Waals surface area contributed by atoms with Gasteiger partial charge in [0.25, 0.3) is 0 Å². The Morgan fingerprint density at radius 2 is 1.59 bits per heavy atom. The van der Waals surface area contributed by atoms with Crippen LogP contribution >= 0.6 is 0 Å². The van der Waals surface area contributed by atoms with Gasteiger partial charge in [-0.05, 0) is 42.5 Å². The first-order valence-corrected chi connectivity index (χ1v) is 5.01. The summed E-state index contributed by atoms with van der Waals surface area (Å²) in [6.45, 7) is 0. The molecule has 0 saturated heterocycles. The molecule has 0 saturated carbocycles. The Bertz CT molecular complexity index is 549. The average Bonchev–Trinajstić information content (AvgIpc) is 2.30. The quantitative estimate of drug-likeness (QED) is 0.544. The molecular weight excluding hydrogens is 216 g/mol. The minimum absolute atomic E-state index is 0.191. The standard InChI is InChI=1S/C12H12N4O/c13-8-1-6-12(11(14)7-8)16-15-9-2-4-10(17)5-3-9/h1-7,17H,13-14H2/b16-15+. The first-order chi connectivity index (χ1) is 8.15. The zero-order valence-corrected chi connectivity index (χ0v) is 9.04. The highest BCUT2D eigenvalue weighted by Crippen LogP contribution is 2.26. The van der Waals surface area contributed by atoms with Crippen molar-refractivity contribution >= 4 is 22.7 Å². The number of nitrogens with zero attached hydrogens (tertiary/aromatic N) is 2. The molecule has 0 radical (unpaired) electrons. The summed E-state index contributed by atoms with van der Waals surface area (Å²) in [5.74, 6) is 0.191. The van der Waals surface area contributed by atoms with E-state index in [1.165, 1.54) is 0 Å². The summed E-state index contributed by atoms with van der Waals surface area (Å²) in [7, 11) is 0. The average molecular weight is 228 g/mol. The SMILES string of the molecule is Nc1ccc(/N=N/c2ccc(O)cc2)c(N)c1. The fraction of sp³-hybridized carbons (Fsp3) is 0. The van der Waals surface area contributed by atoms with Gasteiger partial charge >= 0.3 is 0 Å². The van der Waals surface area contributed by atoms with Crippen molar-refractivity contribution in [2.24, 2.45) is 10.2 Å². The highest BCUT2D eigenvalue weighted by Gasteiger charge is 1.97. The molecule has 5 heteroatoms. The number of nitrogens with two attached hydrogens (primary N) is 2. The second-order valence-corrected chi connectivity index (χ2v) is 3.53. The fourth-order valence-corrected chi connectivity index (χ4v) is 1.29. The van der Waals surface area contributed by atoms with Crippen molar-refractivity contribution in [3.8, 4) is 5.75 Å². The van der Waals surface area contributed by atoms with Crippen LogP contribution in [0.15, 0.2) is 52.7 Å². The molecule has 17 heavy (non-hydrogen) atoms. The summed E-state index contributed by atoms with van der Waals surface area (Å²) in [6, 6.07) is 11.4. The lowest BCUT2D eigenvalue weighted by Crippen LogP contribution is -1.89. The van der Waals surface area contributed by atoms with E-state index in [9.17, 15) is 0 Å². The Morgan fingerprint density at radius 3 is 2.24 bits per heavy atom. The summed E-state index contributed by atoms with van der Waals surface area (Å²) in [4.78, 5) is 0. The van der Waals surface area contributed by atoms with Crippen molar-refractivity contribution in [2.75, 3.05) is 11.5 Å². The lowest BCUT2D eigenvalue weighted by molar-refractivity contribution is 0.475. The molecule has 5 N–H and O–H groups in total. The van der Waals surface area contributed by atoms with Gasteiger partial charge in [-0.3, -0.25) is 0 Å². The predicted octanol–water partition coefficient (Wildman–Crippen LogP) is 2.97. The summed E-state index contributed by atoms with van der Waals surface area (Å²) in [5.41, 5.74) is 13.6. The third-order valence-corrected chi connectivity index (χ3v) is 2.17. The van der Waals surface area contributed by atoms with E-state index in [4.69, 9.17) is 16.6 Å². The maximum absolute atomic E-state index is 9.11. The molecule has 5 nitrogen and oxygen atoms in total. The number of aromatic hydroxyl groups is 1. The van der Waals surface area contributed by atoms with Crippen LogP contribution in [-0.2, 0) is 0 Å². The Balaban J connectivity index is 2.23. The van der Waals surface area contributed by atoms with Gasteiger partial charge in [0.15, 0.2) is 0 Å². The number of azo groups is 1. The van der Waals surface area contributed by atoms with Gasteiger partial charge in [0.2, 0.25) is 0 Å². The highest BCUT2D eigenvalue weighted by molar-refractivity contribution is 5.67. The molecule has 0 unspecified atom stereocenters. The lowest BCUT2D eigenvalue weighted by atomic mass is 10.2. The van der Waals surface area contributed by atoms with Gasteiger partial charge in [-0.1, -0.05) is 0 Å². The van der Waals surface area contributed by atoms with Crippen molar-refractivity contribution in [3.63, 3.8) is 0 Å². The van der Waals surface area contributed by atoms with Crippen LogP contribution in [0.5, 0.6) is 5.75 Å². The largest absolute Gasteiger partial charge is 0.508 e. The second kappa shape index (κ2) is 4.52. The molecule has 0 amide bonds. The maximum Gasteiger partial charge on any atom is 0.115 e. The van der Waals surface area contributed by atoms with E-state index in [0.29, 0.717) is 22.7 Å². The number of hydrogen-bond donors (Lipinski definition) is 3. The van der Waals surface area contributed by atoms with E-state index >= 15 is 0 Å². The van der Waals surface area contributed by atoms with Crippen LogP contribution in [0.4, 0.5) is 22.7 Å². The smallest absolute Gasteiger partial charge is 0.115 e. The van der Waals surface area contributed by atoms with Crippen LogP contribution in [0.1, 0.15) is 0 Å². The molecule has 0 aliphatic carbocycles. The van der Waals surface area contributed by atoms with Crippen molar-refractivity contribution in [3.05, 3.63) is 42.5 Å². The Labute approximate surface area is 98.4 Å². The Kier molecular flexibility index (Phi) is 2.91. The second-order valence-electron chi connectivity index (χ2n) is 3.53. The maximum atomic E-state index is 9.11. The van der Waals surface area contributed by atoms with Crippen LogP contribution in [0.2, 0.25) is 0 Å². The van der Waals surface area contributed by atoms with E-state index in [1.54, 1.807) is 42.5 Å². The third-order valence-electron chi connectivity index (χ3n) is 2.17. The van der Waals surface area contributed by atoms with Crippen molar-refractivity contribution in [1.82, 2.24) is 0 Å². The van der Waals surface area contributed by atoms with E-state index in [1.807, 2.05) is 0 Å². The van der Waals surface area contributed by atoms with Gasteiger partial charge in [0.05, 0.1) is 11.4 Å². The van der Waals surface area contributed by atoms with Crippen molar-refractivity contribution < 1.29 is 5.11 Å². The van der Waals surface area contributed by atoms with Gasteiger partial charge in [-0.15, -0.1) is 5.11 Å². The Morgan fingerprint density at radius 1 is 0.882 bits per heavy atom. The van der Waals surface area contributed by atoms with Crippen molar-refractivity contribution in [2.45, 2.75) is 0 Å². The van der Waals surface area contributed by atoms with Gasteiger partial charge in [-0.25, -0.2) is 0 Å². The molecule has 0 fully saturated rings. The number of rotatable bonds is 2. The van der Waals surface area contributed by atoms with E-state index in [2.05, 4.69) is 10.2 Å². The van der Waals surface area contributed by atoms with E-state index in [0.717, 1.165) is 0 Å². The lowest BCUT2D eigenvalue weighted by Gasteiger charge is -2.00. The summed E-state index contributed by atoms with van der Waals surface area (Å²) in [5, 5.41) is 17.1. The number of phenols is 1. The zero-order valence-electron chi connectivity index (χ0n) is 9.04. The molecule has 2 aromatic carbocycles. The molecule has 0 spiro atoms. The zero-order chi connectivity index (χ0) is 12.3. The molecule has 2 aromatic rings. The minimum atomic E-state index is 0.191. The summed E-state index contributed by atoms with van der Waals surface area (Å²) in [6.07, 6.45) is 0. The van der Waals surface area contributed by atoms with Gasteiger partial charge < -0.3 is 16.6 Å². The number of benzene rings is 2. The number of hydrogen-bond acceptors (Lipinski definition) is 5. The number of nitrogen functional groups attached to an aromatic ring is 2. The normalized spacial score (nSPS) is 10.8. The Hall–Kier alpha value is -2.56. The van der Waals surface area contributed by atoms with Crippen LogP contribution in [-0.4, -0.2) is 5.11 Å². The molecule has 86 valence electrons. The first kappa shape index (κ1) is 10.9. The molecule has 0 bridgehead atoms. The van der Waals surface area contributed by atoms with Gasteiger partial charge in [0.1, 0.15) is 11.4 Å². The van der Waals surface area contributed by atoms with Crippen LogP contribution in [0.25, 0.3) is 0 Å². The predicted molar refractivity (Wildman–Crippen MR) is 67.5 cm³/mol. The topological polar surface area (TPSA) is 97.0 Å². The molecule has 0 aliphatic heterocycles. The monoisotopic (exact) mass is 228 g/mol. The highest BCUT2D eigenvalue weighted by atomic mass is 16.3.